The van der Waals surface area contributed by atoms with Crippen LogP contribution in [0, 0.1) is 17.3 Å². The zero-order chi connectivity index (χ0) is 16.9. The van der Waals surface area contributed by atoms with Gasteiger partial charge in [-0.2, -0.15) is 0 Å². The lowest BCUT2D eigenvalue weighted by Crippen LogP contribution is -2.58. The largest absolute Gasteiger partial charge is 0.457 e. The Bertz CT molecular complexity index is 667. The number of esters is 1. The van der Waals surface area contributed by atoms with Crippen LogP contribution in [0.1, 0.15) is 48.9 Å². The van der Waals surface area contributed by atoms with Crippen LogP contribution >= 0.6 is 15.9 Å². The summed E-state index contributed by atoms with van der Waals surface area (Å²) in [5.41, 5.74) is -0.729. The van der Waals surface area contributed by atoms with Gasteiger partial charge < -0.3 is 9.84 Å². The summed E-state index contributed by atoms with van der Waals surface area (Å²) in [6.07, 6.45) is 4.86. The second kappa shape index (κ2) is 5.67. The molecule has 0 saturated heterocycles. The molecule has 1 aromatic carbocycles. The Kier molecular flexibility index (Phi) is 3.84. The van der Waals surface area contributed by atoms with Gasteiger partial charge in [-0.1, -0.05) is 28.1 Å². The minimum absolute atomic E-state index is 0.195. The molecule has 0 heterocycles. The van der Waals surface area contributed by atoms with E-state index in [1.165, 1.54) is 0 Å². The number of halogens is 1. The van der Waals surface area contributed by atoms with Crippen molar-refractivity contribution in [3.8, 4) is 0 Å². The molecule has 4 aliphatic rings. The van der Waals surface area contributed by atoms with Gasteiger partial charge in [0.05, 0.1) is 11.0 Å². The van der Waals surface area contributed by atoms with Gasteiger partial charge in [-0.3, -0.25) is 9.59 Å². The van der Waals surface area contributed by atoms with E-state index < -0.39 is 11.0 Å². The van der Waals surface area contributed by atoms with Crippen LogP contribution < -0.4 is 0 Å². The number of benzene rings is 1. The summed E-state index contributed by atoms with van der Waals surface area (Å²) in [5.74, 6) is 0.358. The summed E-state index contributed by atoms with van der Waals surface area (Å²) >= 11 is 3.33. The second-order valence-corrected chi connectivity index (χ2v) is 8.89. The van der Waals surface area contributed by atoms with Crippen molar-refractivity contribution in [2.24, 2.45) is 17.3 Å². The first-order valence-corrected chi connectivity index (χ1v) is 9.35. The van der Waals surface area contributed by atoms with Crippen molar-refractivity contribution in [3.05, 3.63) is 34.3 Å². The highest BCUT2D eigenvalue weighted by atomic mass is 79.9. The lowest BCUT2D eigenvalue weighted by Gasteiger charge is -2.58. The molecule has 4 fully saturated rings. The van der Waals surface area contributed by atoms with E-state index in [4.69, 9.17) is 4.74 Å². The van der Waals surface area contributed by atoms with Crippen molar-refractivity contribution in [1.82, 2.24) is 0 Å². The molecule has 5 rings (SSSR count). The highest BCUT2D eigenvalue weighted by Gasteiger charge is 2.60. The summed E-state index contributed by atoms with van der Waals surface area (Å²) in [6.45, 7) is -0.226. The van der Waals surface area contributed by atoms with Crippen LogP contribution in [0.25, 0.3) is 0 Å². The van der Waals surface area contributed by atoms with Crippen LogP contribution in [0.3, 0.4) is 0 Å². The van der Waals surface area contributed by atoms with Crippen molar-refractivity contribution < 1.29 is 19.4 Å². The maximum atomic E-state index is 12.7. The van der Waals surface area contributed by atoms with Crippen molar-refractivity contribution in [1.29, 1.82) is 0 Å². The van der Waals surface area contributed by atoms with Crippen LogP contribution in [0.4, 0.5) is 0 Å². The lowest BCUT2D eigenvalue weighted by atomic mass is 9.48. The molecule has 0 spiro atoms. The zero-order valence-corrected chi connectivity index (χ0v) is 15.0. The number of ether oxygens (including phenoxy) is 1. The third-order valence-corrected chi connectivity index (χ3v) is 6.49. The zero-order valence-electron chi connectivity index (χ0n) is 13.5. The first-order valence-electron chi connectivity index (χ1n) is 8.56. The van der Waals surface area contributed by atoms with E-state index in [1.807, 2.05) is 0 Å². The predicted molar refractivity (Wildman–Crippen MR) is 91.5 cm³/mol. The van der Waals surface area contributed by atoms with E-state index >= 15 is 0 Å². The summed E-state index contributed by atoms with van der Waals surface area (Å²) in [4.78, 5) is 24.9. The van der Waals surface area contributed by atoms with Gasteiger partial charge >= 0.3 is 5.97 Å². The van der Waals surface area contributed by atoms with Gasteiger partial charge in [0.25, 0.3) is 0 Å². The van der Waals surface area contributed by atoms with Crippen LogP contribution in [-0.4, -0.2) is 29.1 Å². The van der Waals surface area contributed by atoms with Gasteiger partial charge in [0.15, 0.2) is 12.4 Å². The number of ketones is 1. The molecule has 0 radical (unpaired) electrons. The SMILES string of the molecule is O=C(COC(=O)C12CC3CC(CC(O)(C3)C1)C2)c1ccc(Br)cc1. The average molecular weight is 393 g/mol. The van der Waals surface area contributed by atoms with Crippen LogP contribution in [0.5, 0.6) is 0 Å². The number of carbonyl (C=O) groups excluding carboxylic acids is 2. The standard InChI is InChI=1S/C19H21BrO4/c20-15-3-1-14(2-4-15)16(21)10-24-17(22)18-6-12-5-13(7-18)9-19(23,8-12)11-18/h1-4,12-13,23H,5-11H2. The van der Waals surface area contributed by atoms with Crippen molar-refractivity contribution in [3.63, 3.8) is 0 Å². The molecular weight excluding hydrogens is 372 g/mol. The number of hydrogen-bond acceptors (Lipinski definition) is 4. The Hall–Kier alpha value is -1.20. The molecule has 0 aliphatic heterocycles. The quantitative estimate of drug-likeness (QED) is 0.628. The molecule has 0 amide bonds. The number of rotatable bonds is 4. The minimum Gasteiger partial charge on any atom is -0.457 e. The Morgan fingerprint density at radius 3 is 2.33 bits per heavy atom. The van der Waals surface area contributed by atoms with Crippen molar-refractivity contribution >= 4 is 27.7 Å². The fourth-order valence-corrected chi connectivity index (χ4v) is 5.72. The number of Topliss-reactive ketones (excluding diaryl/α,β-unsaturated/α-hetero) is 1. The minimum atomic E-state index is -0.696. The Balaban J connectivity index is 1.43. The van der Waals surface area contributed by atoms with E-state index in [0.29, 0.717) is 23.8 Å². The third-order valence-electron chi connectivity index (χ3n) is 5.96. The van der Waals surface area contributed by atoms with Gasteiger partial charge in [0, 0.05) is 10.0 Å². The topological polar surface area (TPSA) is 63.6 Å². The molecular formula is C19H21BrO4. The van der Waals surface area contributed by atoms with Crippen molar-refractivity contribution in [2.45, 2.75) is 44.1 Å². The van der Waals surface area contributed by atoms with Crippen LogP contribution in [-0.2, 0) is 9.53 Å². The van der Waals surface area contributed by atoms with Gasteiger partial charge in [-0.25, -0.2) is 0 Å². The molecule has 24 heavy (non-hydrogen) atoms. The summed E-state index contributed by atoms with van der Waals surface area (Å²) < 4.78 is 6.31. The number of carbonyl (C=O) groups is 2. The first-order chi connectivity index (χ1) is 11.4. The molecule has 2 unspecified atom stereocenters. The molecule has 4 saturated carbocycles. The molecule has 128 valence electrons. The Morgan fingerprint density at radius 1 is 1.12 bits per heavy atom. The Labute approximate surface area is 149 Å². The smallest absolute Gasteiger partial charge is 0.312 e. The molecule has 2 atom stereocenters. The summed E-state index contributed by atoms with van der Waals surface area (Å²) in [6, 6.07) is 7.02. The van der Waals surface area contributed by atoms with Gasteiger partial charge in [0.2, 0.25) is 0 Å². The van der Waals surface area contributed by atoms with E-state index in [9.17, 15) is 14.7 Å². The normalized spacial score (nSPS) is 36.6. The fraction of sp³-hybridized carbons (Fsp3) is 0.579. The van der Waals surface area contributed by atoms with Crippen LogP contribution in [0.2, 0.25) is 0 Å². The number of hydrogen-bond donors (Lipinski definition) is 1. The molecule has 1 aromatic rings. The molecule has 4 aliphatic carbocycles. The Morgan fingerprint density at radius 2 is 1.75 bits per heavy atom. The van der Waals surface area contributed by atoms with Crippen LogP contribution in [0.15, 0.2) is 28.7 Å². The maximum Gasteiger partial charge on any atom is 0.312 e. The second-order valence-electron chi connectivity index (χ2n) is 7.97. The lowest BCUT2D eigenvalue weighted by molar-refractivity contribution is -0.195. The van der Waals surface area contributed by atoms with Gasteiger partial charge in [-0.15, -0.1) is 0 Å². The monoisotopic (exact) mass is 392 g/mol. The highest BCUT2D eigenvalue weighted by molar-refractivity contribution is 9.10. The summed E-state index contributed by atoms with van der Waals surface area (Å²) in [5, 5.41) is 10.7. The maximum absolute atomic E-state index is 12.7. The van der Waals surface area contributed by atoms with Gasteiger partial charge in [-0.05, 0) is 62.5 Å². The first kappa shape index (κ1) is 16.3. The average Bonchev–Trinajstić information content (AvgIpc) is 2.50. The van der Waals surface area contributed by atoms with E-state index in [-0.39, 0.29) is 18.4 Å². The van der Waals surface area contributed by atoms with E-state index in [2.05, 4.69) is 15.9 Å². The summed E-state index contributed by atoms with van der Waals surface area (Å²) in [7, 11) is 0. The molecule has 5 heteroatoms. The van der Waals surface area contributed by atoms with Crippen molar-refractivity contribution in [2.75, 3.05) is 6.61 Å². The van der Waals surface area contributed by atoms with E-state index in [0.717, 1.165) is 36.6 Å². The van der Waals surface area contributed by atoms with Gasteiger partial charge in [0.1, 0.15) is 0 Å². The van der Waals surface area contributed by atoms with E-state index in [1.54, 1.807) is 24.3 Å². The third kappa shape index (κ3) is 2.82. The number of aliphatic hydroxyl groups is 1. The molecule has 4 bridgehead atoms. The molecule has 4 nitrogen and oxygen atoms in total. The molecule has 0 aromatic heterocycles. The highest BCUT2D eigenvalue weighted by Crippen LogP contribution is 2.61. The molecule has 1 N–H and O–H groups in total. The fourth-order valence-electron chi connectivity index (χ4n) is 5.46. The predicted octanol–water partition coefficient (Wildman–Crippen LogP) is 3.51.